The fourth-order valence-electron chi connectivity index (χ4n) is 6.16. The lowest BCUT2D eigenvalue weighted by atomic mass is 9.88. The average Bonchev–Trinajstić information content (AvgIpc) is 3.71. The van der Waals surface area contributed by atoms with Crippen molar-refractivity contribution in [1.82, 2.24) is 30.9 Å². The maximum Gasteiger partial charge on any atom is 0.364 e. The molecule has 1 saturated heterocycles. The number of ether oxygens (including phenoxy) is 7. The van der Waals surface area contributed by atoms with Crippen LogP contribution in [0.5, 0.6) is 0 Å². The standard InChI is InChI=1S/C40H63ClN6O16/c1-28(49)42-10-14-57-16-18-59-20-21-60-19-17-58-15-11-47-25-31(45-46-47)27-61-12-4-2-3-5-13-62-40(39(55)56)23-32(50)36(44-35(53)26-48)38(63-40)37(54)33(51)24-43-34(52)22-29-6-8-30(41)9-7-29/h6-9,25,32-33,36-38,48,50-51,54H,2-5,10-24,26-27H2,1H3,(H,42,49)(H,43,52)(H,44,53)(H,55,56)/t32-,33+,36+,37+,38+,40+/m0/s1. The van der Waals surface area contributed by atoms with E-state index < -0.39 is 73.6 Å². The van der Waals surface area contributed by atoms with E-state index in [-0.39, 0.29) is 25.5 Å². The Balaban J connectivity index is 1.29. The van der Waals surface area contributed by atoms with E-state index in [2.05, 4.69) is 26.3 Å². The van der Waals surface area contributed by atoms with Gasteiger partial charge in [0, 0.05) is 38.1 Å². The number of benzene rings is 1. The van der Waals surface area contributed by atoms with Crippen LogP contribution in [0.1, 0.15) is 50.3 Å². The summed E-state index contributed by atoms with van der Waals surface area (Å²) < 4.78 is 40.6. The van der Waals surface area contributed by atoms with Crippen LogP contribution in [0.15, 0.2) is 30.5 Å². The van der Waals surface area contributed by atoms with E-state index in [0.717, 1.165) is 6.42 Å². The van der Waals surface area contributed by atoms with Crippen molar-refractivity contribution in [3.05, 3.63) is 46.7 Å². The van der Waals surface area contributed by atoms with Gasteiger partial charge in [-0.05, 0) is 30.5 Å². The number of nitrogens with one attached hydrogen (secondary N) is 3. The lowest BCUT2D eigenvalue weighted by Crippen LogP contribution is -2.68. The first-order chi connectivity index (χ1) is 30.3. The first-order valence-electron chi connectivity index (χ1n) is 20.9. The van der Waals surface area contributed by atoms with Crippen molar-refractivity contribution in [2.75, 3.05) is 85.8 Å². The van der Waals surface area contributed by atoms with Crippen LogP contribution in [0.3, 0.4) is 0 Å². The SMILES string of the molecule is CC(=O)NCCOCCOCCOCCOCCn1cc(COCCCCCCO[C@]2(C(=O)O)C[C@H](O)[C@@H](NC(=O)CO)[C@H]([C@H](O)[C@H](O)CNC(=O)Cc3ccc(Cl)cc3)O2)nn1. The van der Waals surface area contributed by atoms with Crippen LogP contribution in [0, 0.1) is 0 Å². The maximum absolute atomic E-state index is 12.5. The van der Waals surface area contributed by atoms with Gasteiger partial charge in [0.25, 0.3) is 5.79 Å². The minimum absolute atomic E-state index is 0.0563. The number of carboxylic acid groups (broad SMARTS) is 1. The van der Waals surface area contributed by atoms with Crippen molar-refractivity contribution in [3.8, 4) is 0 Å². The molecule has 1 aromatic carbocycles. The molecule has 2 heterocycles. The number of carbonyl (C=O) groups is 4. The summed E-state index contributed by atoms with van der Waals surface area (Å²) in [6, 6.07) is 5.08. The van der Waals surface area contributed by atoms with Gasteiger partial charge in [0.05, 0.1) is 103 Å². The van der Waals surface area contributed by atoms with Crippen LogP contribution in [0.4, 0.5) is 0 Å². The Morgan fingerprint density at radius 1 is 0.873 bits per heavy atom. The summed E-state index contributed by atoms with van der Waals surface area (Å²) in [7, 11) is 0. The minimum Gasteiger partial charge on any atom is -0.477 e. The second-order valence-electron chi connectivity index (χ2n) is 14.5. The second kappa shape index (κ2) is 30.3. The van der Waals surface area contributed by atoms with Crippen molar-refractivity contribution in [2.24, 2.45) is 0 Å². The van der Waals surface area contributed by atoms with Crippen LogP contribution < -0.4 is 16.0 Å². The molecule has 63 heavy (non-hydrogen) atoms. The molecule has 3 amide bonds. The summed E-state index contributed by atoms with van der Waals surface area (Å²) in [5.74, 6) is -5.58. The normalized spacial score (nSPS) is 19.6. The van der Waals surface area contributed by atoms with Crippen molar-refractivity contribution in [2.45, 2.75) is 94.8 Å². The fourth-order valence-corrected chi connectivity index (χ4v) is 6.29. The summed E-state index contributed by atoms with van der Waals surface area (Å²) in [6.07, 6.45) is -3.51. The summed E-state index contributed by atoms with van der Waals surface area (Å²) in [5, 5.41) is 68.5. The second-order valence-corrected chi connectivity index (χ2v) is 15.0. The lowest BCUT2D eigenvalue weighted by Gasteiger charge is -2.46. The molecule has 6 atom stereocenters. The molecule has 1 aliphatic rings. The van der Waals surface area contributed by atoms with Gasteiger partial charge in [0.2, 0.25) is 17.7 Å². The van der Waals surface area contributed by atoms with Crippen LogP contribution in [0.25, 0.3) is 0 Å². The van der Waals surface area contributed by atoms with E-state index >= 15 is 0 Å². The van der Waals surface area contributed by atoms with Crippen molar-refractivity contribution in [1.29, 1.82) is 0 Å². The third-order valence-corrected chi connectivity index (χ3v) is 9.69. The van der Waals surface area contributed by atoms with Gasteiger partial charge in [-0.25, -0.2) is 9.48 Å². The molecule has 0 aliphatic carbocycles. The Labute approximate surface area is 370 Å². The number of carbonyl (C=O) groups excluding carboxylic acids is 3. The van der Waals surface area contributed by atoms with Crippen LogP contribution in [-0.2, 0) is 71.9 Å². The molecule has 2 aromatic rings. The number of aromatic nitrogens is 3. The number of aliphatic hydroxyl groups excluding tert-OH is 4. The van der Waals surface area contributed by atoms with Gasteiger partial charge in [-0.2, -0.15) is 0 Å². The lowest BCUT2D eigenvalue weighted by molar-refractivity contribution is -0.310. The van der Waals surface area contributed by atoms with E-state index in [1.807, 2.05) is 0 Å². The molecule has 0 saturated carbocycles. The van der Waals surface area contributed by atoms with Crippen LogP contribution >= 0.6 is 11.6 Å². The summed E-state index contributed by atoms with van der Waals surface area (Å²) >= 11 is 5.88. The average molecular weight is 919 g/mol. The number of aliphatic carboxylic acids is 1. The number of hydrogen-bond donors (Lipinski definition) is 8. The molecule has 8 N–H and O–H groups in total. The largest absolute Gasteiger partial charge is 0.477 e. The first kappa shape index (κ1) is 53.4. The molecule has 1 aliphatic heterocycles. The number of hydrogen-bond acceptors (Lipinski definition) is 17. The Kier molecular flexibility index (Phi) is 25.7. The quantitative estimate of drug-likeness (QED) is 0.0379. The van der Waals surface area contributed by atoms with Gasteiger partial charge < -0.3 is 74.6 Å². The van der Waals surface area contributed by atoms with Gasteiger partial charge in [0.15, 0.2) is 0 Å². The summed E-state index contributed by atoms with van der Waals surface area (Å²) in [4.78, 5) is 47.9. The van der Waals surface area contributed by atoms with E-state index in [1.54, 1.807) is 35.1 Å². The number of aliphatic hydroxyl groups is 4. The van der Waals surface area contributed by atoms with E-state index in [1.165, 1.54) is 6.92 Å². The maximum atomic E-state index is 12.5. The number of carboxylic acids is 1. The molecular weight excluding hydrogens is 856 g/mol. The van der Waals surface area contributed by atoms with E-state index in [0.29, 0.717) is 108 Å². The molecule has 23 heteroatoms. The monoisotopic (exact) mass is 918 g/mol. The third-order valence-electron chi connectivity index (χ3n) is 9.44. The molecule has 1 aromatic heterocycles. The number of nitrogens with zero attached hydrogens (tertiary/aromatic N) is 3. The molecule has 0 bridgehead atoms. The molecule has 0 spiro atoms. The van der Waals surface area contributed by atoms with Gasteiger partial charge in [0.1, 0.15) is 24.5 Å². The van der Waals surface area contributed by atoms with Gasteiger partial charge >= 0.3 is 5.97 Å². The number of unbranched alkanes of at least 4 members (excludes halogenated alkanes) is 3. The van der Waals surface area contributed by atoms with Gasteiger partial charge in [-0.1, -0.05) is 41.8 Å². The summed E-state index contributed by atoms with van der Waals surface area (Å²) in [6.45, 7) is 5.02. The Morgan fingerprint density at radius 3 is 2.14 bits per heavy atom. The highest BCUT2D eigenvalue weighted by atomic mass is 35.5. The van der Waals surface area contributed by atoms with Gasteiger partial charge in [-0.15, -0.1) is 5.10 Å². The zero-order chi connectivity index (χ0) is 45.9. The zero-order valence-corrected chi connectivity index (χ0v) is 36.3. The van der Waals surface area contributed by atoms with Crippen molar-refractivity contribution >= 4 is 35.3 Å². The van der Waals surface area contributed by atoms with Crippen LogP contribution in [-0.4, -0.2) is 186 Å². The number of amides is 3. The summed E-state index contributed by atoms with van der Waals surface area (Å²) in [5.41, 5.74) is 1.30. The zero-order valence-electron chi connectivity index (χ0n) is 35.6. The molecule has 3 rings (SSSR count). The van der Waals surface area contributed by atoms with Crippen molar-refractivity contribution < 1.29 is 77.9 Å². The Bertz CT molecular complexity index is 1630. The topological polar surface area (TPSA) is 301 Å². The van der Waals surface area contributed by atoms with E-state index in [4.69, 9.17) is 44.8 Å². The predicted octanol–water partition coefficient (Wildman–Crippen LogP) is -1.28. The Hall–Kier alpha value is -3.91. The first-order valence-corrected chi connectivity index (χ1v) is 21.2. The third kappa shape index (κ3) is 21.1. The molecule has 356 valence electrons. The number of rotatable bonds is 34. The number of halogens is 1. The van der Waals surface area contributed by atoms with Crippen molar-refractivity contribution in [3.63, 3.8) is 0 Å². The highest BCUT2D eigenvalue weighted by Gasteiger charge is 2.55. The van der Waals surface area contributed by atoms with Gasteiger partial charge in [-0.3, -0.25) is 14.4 Å². The molecule has 0 unspecified atom stereocenters. The molecule has 22 nitrogen and oxygen atoms in total. The van der Waals surface area contributed by atoms with Crippen LogP contribution in [0.2, 0.25) is 5.02 Å². The fraction of sp³-hybridized carbons (Fsp3) is 0.700. The molecular formula is C40H63ClN6O16. The highest BCUT2D eigenvalue weighted by Crippen LogP contribution is 2.34. The van der Waals surface area contributed by atoms with E-state index in [9.17, 15) is 44.7 Å². The molecule has 1 fully saturated rings. The minimum atomic E-state index is -2.45. The smallest absolute Gasteiger partial charge is 0.364 e. The molecule has 0 radical (unpaired) electrons. The predicted molar refractivity (Wildman–Crippen MR) is 221 cm³/mol. The Morgan fingerprint density at radius 2 is 1.51 bits per heavy atom. The highest BCUT2D eigenvalue weighted by molar-refractivity contribution is 6.30.